The van der Waals surface area contributed by atoms with Crippen molar-refractivity contribution in [3.8, 4) is 17.3 Å². The minimum Gasteiger partial charge on any atom is -0.457 e. The van der Waals surface area contributed by atoms with Crippen LogP contribution in [0.15, 0.2) is 134 Å². The molecule has 3 heterocycles. The first-order valence-corrected chi connectivity index (χ1v) is 18.8. The number of hydrogen-bond acceptors (Lipinski definition) is 4. The van der Waals surface area contributed by atoms with Crippen LogP contribution in [0, 0.1) is 5.41 Å². The van der Waals surface area contributed by atoms with Gasteiger partial charge in [0.05, 0.1) is 29.1 Å². The van der Waals surface area contributed by atoms with Gasteiger partial charge in [-0.15, -0.1) is 0 Å². The zero-order valence-electron chi connectivity index (χ0n) is 32.3. The predicted octanol–water partition coefficient (Wildman–Crippen LogP) is 12.7. The molecular weight excluding hydrogens is 649 g/mol. The fourth-order valence-electron chi connectivity index (χ4n) is 7.47. The molecule has 5 nitrogen and oxygen atoms in total. The van der Waals surface area contributed by atoms with Crippen molar-refractivity contribution >= 4 is 38.9 Å². The summed E-state index contributed by atoms with van der Waals surface area (Å²) in [6.45, 7) is 20.0. The normalized spacial score (nSPS) is 13.6. The Morgan fingerprint density at radius 2 is 1.32 bits per heavy atom. The van der Waals surface area contributed by atoms with Gasteiger partial charge in [0.1, 0.15) is 17.3 Å². The van der Waals surface area contributed by atoms with Crippen LogP contribution in [0.3, 0.4) is 0 Å². The SMILES string of the molecule is CC(C)(C)c1cccc(CN2CN(c3cccc(Oc4ccc5c6ccccc6n(-c6cc(C(C)(C)C(C)(C)C)ccn6)c5c4)c3)c3ccccc32)c1. The van der Waals surface area contributed by atoms with Gasteiger partial charge in [0.15, 0.2) is 0 Å². The van der Waals surface area contributed by atoms with Gasteiger partial charge in [-0.3, -0.25) is 4.57 Å². The number of hydrogen-bond donors (Lipinski definition) is 0. The second-order valence-corrected chi connectivity index (χ2v) is 17.1. The Kier molecular flexibility index (Phi) is 8.36. The molecule has 7 aromatic rings. The lowest BCUT2D eigenvalue weighted by atomic mass is 9.65. The molecule has 0 saturated carbocycles. The number of pyridine rings is 1. The zero-order valence-corrected chi connectivity index (χ0v) is 32.3. The monoisotopic (exact) mass is 698 g/mol. The van der Waals surface area contributed by atoms with Gasteiger partial charge in [-0.1, -0.05) is 116 Å². The fraction of sp³-hybridized carbons (Fsp3) is 0.271. The molecule has 0 aliphatic carbocycles. The van der Waals surface area contributed by atoms with Gasteiger partial charge in [0, 0.05) is 41.3 Å². The average molecular weight is 699 g/mol. The molecule has 0 unspecified atom stereocenters. The van der Waals surface area contributed by atoms with E-state index in [0.29, 0.717) is 0 Å². The van der Waals surface area contributed by atoms with Crippen molar-refractivity contribution in [1.82, 2.24) is 9.55 Å². The predicted molar refractivity (Wildman–Crippen MR) is 222 cm³/mol. The number of fused-ring (bicyclic) bond motifs is 4. The van der Waals surface area contributed by atoms with E-state index in [1.54, 1.807) is 0 Å². The maximum Gasteiger partial charge on any atom is 0.137 e. The maximum absolute atomic E-state index is 6.68. The minimum atomic E-state index is -0.0487. The second kappa shape index (κ2) is 12.8. The molecule has 0 radical (unpaired) electrons. The highest BCUT2D eigenvalue weighted by Crippen LogP contribution is 2.44. The molecule has 5 heteroatoms. The molecule has 0 N–H and O–H groups in total. The highest BCUT2D eigenvalue weighted by atomic mass is 16.5. The molecule has 8 rings (SSSR count). The summed E-state index contributed by atoms with van der Waals surface area (Å²) in [6, 6.07) is 45.6. The van der Waals surface area contributed by atoms with Crippen LogP contribution in [0.5, 0.6) is 11.5 Å². The summed E-state index contributed by atoms with van der Waals surface area (Å²) in [4.78, 5) is 9.77. The molecule has 53 heavy (non-hydrogen) atoms. The summed E-state index contributed by atoms with van der Waals surface area (Å²) in [5.74, 6) is 2.49. The van der Waals surface area contributed by atoms with E-state index < -0.39 is 0 Å². The summed E-state index contributed by atoms with van der Waals surface area (Å²) in [6.07, 6.45) is 1.95. The quantitative estimate of drug-likeness (QED) is 0.166. The van der Waals surface area contributed by atoms with Gasteiger partial charge in [-0.25, -0.2) is 4.98 Å². The summed E-state index contributed by atoms with van der Waals surface area (Å²) in [7, 11) is 0. The maximum atomic E-state index is 6.68. The fourth-order valence-corrected chi connectivity index (χ4v) is 7.47. The number of nitrogens with zero attached hydrogens (tertiary/aromatic N) is 4. The lowest BCUT2D eigenvalue weighted by molar-refractivity contribution is 0.225. The molecule has 2 aromatic heterocycles. The molecule has 1 aliphatic heterocycles. The van der Waals surface area contributed by atoms with Gasteiger partial charge in [-0.05, 0) is 87.5 Å². The topological polar surface area (TPSA) is 33.5 Å². The van der Waals surface area contributed by atoms with E-state index in [-0.39, 0.29) is 16.2 Å². The molecule has 0 atom stereocenters. The number of aromatic nitrogens is 2. The van der Waals surface area contributed by atoms with Gasteiger partial charge in [-0.2, -0.15) is 0 Å². The molecule has 0 saturated heterocycles. The van der Waals surface area contributed by atoms with E-state index in [4.69, 9.17) is 9.72 Å². The number of benzene rings is 5. The van der Waals surface area contributed by atoms with Crippen molar-refractivity contribution in [2.45, 2.75) is 72.8 Å². The van der Waals surface area contributed by atoms with E-state index in [9.17, 15) is 0 Å². The highest BCUT2D eigenvalue weighted by Gasteiger charge is 2.35. The summed E-state index contributed by atoms with van der Waals surface area (Å²) in [5, 5.41) is 2.37. The first-order valence-electron chi connectivity index (χ1n) is 18.8. The van der Waals surface area contributed by atoms with Crippen LogP contribution in [-0.2, 0) is 17.4 Å². The van der Waals surface area contributed by atoms with Crippen LogP contribution in [0.1, 0.15) is 72.1 Å². The molecule has 5 aromatic carbocycles. The minimum absolute atomic E-state index is 0.0487. The molecule has 0 spiro atoms. The van der Waals surface area contributed by atoms with Crippen molar-refractivity contribution in [3.05, 3.63) is 150 Å². The van der Waals surface area contributed by atoms with Crippen LogP contribution in [0.25, 0.3) is 27.6 Å². The zero-order chi connectivity index (χ0) is 37.1. The molecule has 0 fully saturated rings. The number of anilines is 3. The van der Waals surface area contributed by atoms with Gasteiger partial charge < -0.3 is 14.5 Å². The first kappa shape index (κ1) is 34.5. The highest BCUT2D eigenvalue weighted by molar-refractivity contribution is 6.09. The van der Waals surface area contributed by atoms with E-state index in [1.165, 1.54) is 38.8 Å². The first-order chi connectivity index (χ1) is 25.3. The van der Waals surface area contributed by atoms with Crippen molar-refractivity contribution in [2.75, 3.05) is 16.5 Å². The van der Waals surface area contributed by atoms with Gasteiger partial charge in [0.25, 0.3) is 0 Å². The van der Waals surface area contributed by atoms with E-state index >= 15 is 0 Å². The van der Waals surface area contributed by atoms with Crippen molar-refractivity contribution in [1.29, 1.82) is 0 Å². The summed E-state index contributed by atoms with van der Waals surface area (Å²) < 4.78 is 8.96. The van der Waals surface area contributed by atoms with E-state index in [1.807, 2.05) is 12.3 Å². The summed E-state index contributed by atoms with van der Waals surface area (Å²) >= 11 is 0. The van der Waals surface area contributed by atoms with E-state index in [2.05, 4.69) is 191 Å². The largest absolute Gasteiger partial charge is 0.457 e. The lowest BCUT2D eigenvalue weighted by Crippen LogP contribution is -2.34. The van der Waals surface area contributed by atoms with Crippen molar-refractivity contribution < 1.29 is 4.74 Å². The van der Waals surface area contributed by atoms with Crippen molar-refractivity contribution in [3.63, 3.8) is 0 Å². The van der Waals surface area contributed by atoms with Gasteiger partial charge in [0.2, 0.25) is 0 Å². The van der Waals surface area contributed by atoms with Crippen LogP contribution in [0.4, 0.5) is 17.1 Å². The molecule has 0 amide bonds. The Morgan fingerprint density at radius 1 is 0.604 bits per heavy atom. The Morgan fingerprint density at radius 3 is 2.11 bits per heavy atom. The van der Waals surface area contributed by atoms with Crippen LogP contribution >= 0.6 is 0 Å². The number of para-hydroxylation sites is 3. The Bertz CT molecular complexity index is 2460. The lowest BCUT2D eigenvalue weighted by Gasteiger charge is -2.39. The van der Waals surface area contributed by atoms with Crippen LogP contribution in [-0.4, -0.2) is 16.2 Å². The third kappa shape index (κ3) is 6.33. The van der Waals surface area contributed by atoms with Crippen molar-refractivity contribution in [2.24, 2.45) is 5.41 Å². The number of rotatable bonds is 7. The molecule has 1 aliphatic rings. The van der Waals surface area contributed by atoms with E-state index in [0.717, 1.165) is 47.3 Å². The molecular formula is C48H50N4O. The standard InChI is InChI=1S/C48H50N4O/c1-46(2,3)34-16-13-15-33(27-34)31-50-32-51(43-22-12-11-21-42(43)50)36-17-14-18-37(29-36)53-38-23-24-40-39-19-9-10-20-41(39)52(44(40)30-38)45-28-35(25-26-49-45)48(7,8)47(4,5)6/h9-30H,31-32H2,1-8H3. The Labute approximate surface area is 314 Å². The van der Waals surface area contributed by atoms with Crippen LogP contribution < -0.4 is 14.5 Å². The summed E-state index contributed by atoms with van der Waals surface area (Å²) in [5.41, 5.74) is 9.81. The molecule has 268 valence electrons. The molecule has 0 bridgehead atoms. The average Bonchev–Trinajstić information content (AvgIpc) is 3.66. The number of ether oxygens (including phenoxy) is 1. The Balaban J connectivity index is 1.12. The second-order valence-electron chi connectivity index (χ2n) is 17.1. The Hall–Kier alpha value is -5.55. The van der Waals surface area contributed by atoms with Gasteiger partial charge >= 0.3 is 0 Å². The van der Waals surface area contributed by atoms with Crippen LogP contribution in [0.2, 0.25) is 0 Å². The smallest absolute Gasteiger partial charge is 0.137 e. The third-order valence-electron chi connectivity index (χ3n) is 11.6. The third-order valence-corrected chi connectivity index (χ3v) is 11.6.